The summed E-state index contributed by atoms with van der Waals surface area (Å²) in [7, 11) is 0. The van der Waals surface area contributed by atoms with Crippen LogP contribution in [0.4, 0.5) is 0 Å². The maximum atomic E-state index is 10.8. The van der Waals surface area contributed by atoms with Gasteiger partial charge in [0, 0.05) is 6.42 Å². The number of aliphatic carboxylic acids is 1. The SMILES string of the molecule is CC(CCCCCCCCCCCCCCCCCCCCC[C@@H](C)O[C@@H]1O[C@@H](C)[C@H](O)C[C@H]1O)C(=O)O. The molecule has 38 heavy (non-hydrogen) atoms. The van der Waals surface area contributed by atoms with E-state index in [1.54, 1.807) is 0 Å². The van der Waals surface area contributed by atoms with Crippen LogP contribution >= 0.6 is 0 Å². The summed E-state index contributed by atoms with van der Waals surface area (Å²) in [5.74, 6) is -0.845. The van der Waals surface area contributed by atoms with Crippen molar-refractivity contribution in [2.24, 2.45) is 5.92 Å². The Morgan fingerprint density at radius 3 is 1.45 bits per heavy atom. The molecule has 1 heterocycles. The zero-order valence-corrected chi connectivity index (χ0v) is 25.1. The van der Waals surface area contributed by atoms with Gasteiger partial charge in [0.05, 0.1) is 24.2 Å². The van der Waals surface area contributed by atoms with Gasteiger partial charge in [0.15, 0.2) is 6.29 Å². The fraction of sp³-hybridized carbons (Fsp3) is 0.969. The number of carboxylic acids is 1. The predicted octanol–water partition coefficient (Wildman–Crippen LogP) is 8.16. The standard InChI is InChI=1S/C32H62O6/c1-26(31(35)36)23-21-19-17-15-13-11-9-7-5-4-6-8-10-12-14-16-18-20-22-24-27(2)37-32-30(34)25-29(33)28(3)38-32/h26-30,32-34H,4-25H2,1-3H3,(H,35,36)/t26?,27-,28+,29-,30-,32-/m1/s1. The lowest BCUT2D eigenvalue weighted by Gasteiger charge is -2.36. The van der Waals surface area contributed by atoms with Gasteiger partial charge in [0.1, 0.15) is 6.10 Å². The molecular formula is C32H62O6. The minimum Gasteiger partial charge on any atom is -0.481 e. The number of unbranched alkanes of at least 4 members (excludes halogenated alkanes) is 18. The summed E-state index contributed by atoms with van der Waals surface area (Å²) in [5.41, 5.74) is 0. The van der Waals surface area contributed by atoms with Crippen molar-refractivity contribution in [2.45, 2.75) is 193 Å². The molecule has 0 bridgehead atoms. The summed E-state index contributed by atoms with van der Waals surface area (Å²) in [4.78, 5) is 10.8. The molecule has 1 aliphatic rings. The van der Waals surface area contributed by atoms with Crippen LogP contribution < -0.4 is 0 Å². The topological polar surface area (TPSA) is 96.2 Å². The monoisotopic (exact) mass is 542 g/mol. The van der Waals surface area contributed by atoms with Gasteiger partial charge in [-0.15, -0.1) is 0 Å². The average Bonchev–Trinajstić information content (AvgIpc) is 2.87. The van der Waals surface area contributed by atoms with Crippen molar-refractivity contribution in [1.29, 1.82) is 0 Å². The number of aliphatic hydroxyl groups is 2. The van der Waals surface area contributed by atoms with E-state index in [1.165, 1.54) is 109 Å². The maximum absolute atomic E-state index is 10.8. The number of hydrogen-bond donors (Lipinski definition) is 3. The molecule has 1 fully saturated rings. The van der Waals surface area contributed by atoms with E-state index in [4.69, 9.17) is 14.6 Å². The molecule has 0 aromatic rings. The van der Waals surface area contributed by atoms with Crippen LogP contribution in [-0.4, -0.2) is 52.0 Å². The van der Waals surface area contributed by atoms with Crippen LogP contribution in [0, 0.1) is 5.92 Å². The van der Waals surface area contributed by atoms with E-state index >= 15 is 0 Å². The quantitative estimate of drug-likeness (QED) is 0.101. The number of hydrogen-bond acceptors (Lipinski definition) is 5. The third-order valence-electron chi connectivity index (χ3n) is 8.22. The lowest BCUT2D eigenvalue weighted by atomic mass is 10.0. The normalized spacial score (nSPS) is 23.4. The molecule has 1 unspecified atom stereocenters. The number of carbonyl (C=O) groups is 1. The molecule has 3 N–H and O–H groups in total. The summed E-state index contributed by atoms with van der Waals surface area (Å²) in [6.45, 7) is 5.67. The highest BCUT2D eigenvalue weighted by molar-refractivity contribution is 5.69. The first-order valence-electron chi connectivity index (χ1n) is 16.2. The van der Waals surface area contributed by atoms with E-state index in [-0.39, 0.29) is 18.1 Å². The van der Waals surface area contributed by atoms with Crippen LogP contribution in [0.25, 0.3) is 0 Å². The van der Waals surface area contributed by atoms with E-state index < -0.39 is 24.5 Å². The van der Waals surface area contributed by atoms with Crippen molar-refractivity contribution in [2.75, 3.05) is 0 Å². The number of rotatable bonds is 25. The molecule has 6 atom stereocenters. The Hall–Kier alpha value is -0.690. The minimum atomic E-state index is -0.746. The van der Waals surface area contributed by atoms with Gasteiger partial charge in [-0.05, 0) is 26.7 Å². The summed E-state index contributed by atoms with van der Waals surface area (Å²) in [5, 5.41) is 28.7. The van der Waals surface area contributed by atoms with E-state index in [1.807, 2.05) is 20.8 Å². The largest absolute Gasteiger partial charge is 0.481 e. The molecule has 0 aliphatic carbocycles. The van der Waals surface area contributed by atoms with Gasteiger partial charge in [-0.25, -0.2) is 0 Å². The molecule has 6 nitrogen and oxygen atoms in total. The Morgan fingerprint density at radius 1 is 0.684 bits per heavy atom. The van der Waals surface area contributed by atoms with E-state index in [2.05, 4.69) is 0 Å². The van der Waals surface area contributed by atoms with E-state index in [0.717, 1.165) is 25.7 Å². The first kappa shape index (κ1) is 35.3. The molecule has 0 radical (unpaired) electrons. The van der Waals surface area contributed by atoms with Crippen molar-refractivity contribution >= 4 is 5.97 Å². The Labute approximate surface area is 234 Å². The second-order valence-electron chi connectivity index (χ2n) is 12.1. The van der Waals surface area contributed by atoms with Crippen molar-refractivity contribution in [1.82, 2.24) is 0 Å². The van der Waals surface area contributed by atoms with E-state index in [0.29, 0.717) is 6.42 Å². The van der Waals surface area contributed by atoms with Crippen LogP contribution in [0.15, 0.2) is 0 Å². The second-order valence-corrected chi connectivity index (χ2v) is 12.1. The van der Waals surface area contributed by atoms with Gasteiger partial charge in [0.2, 0.25) is 0 Å². The van der Waals surface area contributed by atoms with Crippen LogP contribution in [0.5, 0.6) is 0 Å². The average molecular weight is 543 g/mol. The summed E-state index contributed by atoms with van der Waals surface area (Å²) in [6, 6.07) is 0. The second kappa shape index (κ2) is 23.1. The van der Waals surface area contributed by atoms with Crippen molar-refractivity contribution in [3.8, 4) is 0 Å². The lowest BCUT2D eigenvalue weighted by molar-refractivity contribution is -0.273. The summed E-state index contributed by atoms with van der Waals surface area (Å²) >= 11 is 0. The Balaban J connectivity index is 1.76. The third kappa shape index (κ3) is 18.6. The van der Waals surface area contributed by atoms with Gasteiger partial charge in [0.25, 0.3) is 0 Å². The molecule has 1 aliphatic heterocycles. The van der Waals surface area contributed by atoms with E-state index in [9.17, 15) is 15.0 Å². The predicted molar refractivity (Wildman–Crippen MR) is 155 cm³/mol. The maximum Gasteiger partial charge on any atom is 0.306 e. The van der Waals surface area contributed by atoms with Gasteiger partial charge in [-0.1, -0.05) is 129 Å². The Bertz CT molecular complexity index is 556. The molecule has 0 saturated carbocycles. The van der Waals surface area contributed by atoms with Gasteiger partial charge in [-0.3, -0.25) is 4.79 Å². The highest BCUT2D eigenvalue weighted by Crippen LogP contribution is 2.23. The first-order valence-corrected chi connectivity index (χ1v) is 16.2. The Morgan fingerprint density at radius 2 is 1.05 bits per heavy atom. The lowest BCUT2D eigenvalue weighted by Crippen LogP contribution is -2.48. The van der Waals surface area contributed by atoms with Gasteiger partial charge >= 0.3 is 5.97 Å². The number of aliphatic hydroxyl groups excluding tert-OH is 2. The smallest absolute Gasteiger partial charge is 0.306 e. The molecule has 1 rings (SSSR count). The zero-order valence-electron chi connectivity index (χ0n) is 25.1. The molecule has 0 aromatic heterocycles. The fourth-order valence-electron chi connectivity index (χ4n) is 5.37. The van der Waals surface area contributed by atoms with Crippen molar-refractivity contribution < 1.29 is 29.6 Å². The molecular weight excluding hydrogens is 480 g/mol. The highest BCUT2D eigenvalue weighted by Gasteiger charge is 2.35. The molecule has 226 valence electrons. The van der Waals surface area contributed by atoms with Crippen LogP contribution in [-0.2, 0) is 14.3 Å². The molecule has 0 aromatic carbocycles. The molecule has 0 spiro atoms. The summed E-state index contributed by atoms with van der Waals surface area (Å²) < 4.78 is 11.5. The van der Waals surface area contributed by atoms with Crippen LogP contribution in [0.3, 0.4) is 0 Å². The molecule has 1 saturated heterocycles. The van der Waals surface area contributed by atoms with Gasteiger partial charge < -0.3 is 24.8 Å². The number of carboxylic acid groups (broad SMARTS) is 1. The number of ether oxygens (including phenoxy) is 2. The van der Waals surface area contributed by atoms with Crippen LogP contribution in [0.2, 0.25) is 0 Å². The van der Waals surface area contributed by atoms with Crippen molar-refractivity contribution in [3.05, 3.63) is 0 Å². The van der Waals surface area contributed by atoms with Crippen molar-refractivity contribution in [3.63, 3.8) is 0 Å². The fourth-order valence-corrected chi connectivity index (χ4v) is 5.37. The minimum absolute atomic E-state index is 0.0641. The highest BCUT2D eigenvalue weighted by atomic mass is 16.7. The molecule has 0 amide bonds. The summed E-state index contributed by atoms with van der Waals surface area (Å²) in [6.07, 6.45) is 24.9. The first-order chi connectivity index (χ1) is 18.3. The van der Waals surface area contributed by atoms with Crippen LogP contribution in [0.1, 0.15) is 162 Å². The van der Waals surface area contributed by atoms with Gasteiger partial charge in [-0.2, -0.15) is 0 Å². The zero-order chi connectivity index (χ0) is 28.0. The Kier molecular flexibility index (Phi) is 21.4. The third-order valence-corrected chi connectivity index (χ3v) is 8.22. The molecule has 6 heteroatoms.